The summed E-state index contributed by atoms with van der Waals surface area (Å²) in [6, 6.07) is 3.76. The van der Waals surface area contributed by atoms with E-state index >= 15 is 0 Å². The number of alkyl carbamates (subject to hydrolysis) is 1. The summed E-state index contributed by atoms with van der Waals surface area (Å²) in [5, 5.41) is 2.71. The van der Waals surface area contributed by atoms with Crippen LogP contribution in [0.3, 0.4) is 0 Å². The second-order valence-electron chi connectivity index (χ2n) is 6.97. The Morgan fingerprint density at radius 1 is 1.32 bits per heavy atom. The lowest BCUT2D eigenvalue weighted by molar-refractivity contribution is 0.0525. The lowest BCUT2D eigenvalue weighted by atomic mass is 10.2. The number of hydrogen-bond acceptors (Lipinski definition) is 4. The molecular formula is C16H28N3O3+. The minimum atomic E-state index is -0.476. The smallest absolute Gasteiger partial charge is 0.407 e. The first-order chi connectivity index (χ1) is 10.1. The van der Waals surface area contributed by atoms with Crippen LogP contribution < -0.4 is 14.5 Å². The molecule has 0 unspecified atom stereocenters. The van der Waals surface area contributed by atoms with Gasteiger partial charge in [0.05, 0.1) is 27.7 Å². The number of rotatable bonds is 6. The number of ether oxygens (including phenoxy) is 2. The Labute approximate surface area is 133 Å². The third-order valence-corrected chi connectivity index (χ3v) is 2.63. The Kier molecular flexibility index (Phi) is 6.17. The fraction of sp³-hybridized carbons (Fsp3) is 0.625. The van der Waals surface area contributed by atoms with Crippen molar-refractivity contribution in [2.75, 3.05) is 34.3 Å². The largest absolute Gasteiger partial charge is 0.486 e. The Bertz CT molecular complexity index is 490. The lowest BCUT2D eigenvalue weighted by Crippen LogP contribution is -2.36. The number of carbonyl (C=O) groups is 1. The van der Waals surface area contributed by atoms with Gasteiger partial charge in [-0.15, -0.1) is 0 Å². The van der Waals surface area contributed by atoms with Crippen molar-refractivity contribution in [2.45, 2.75) is 32.8 Å². The van der Waals surface area contributed by atoms with E-state index in [4.69, 9.17) is 9.47 Å². The zero-order valence-electron chi connectivity index (χ0n) is 14.5. The summed E-state index contributed by atoms with van der Waals surface area (Å²) in [6.07, 6.45) is 2.06. The molecule has 6 heteroatoms. The highest BCUT2D eigenvalue weighted by atomic mass is 16.6. The van der Waals surface area contributed by atoms with E-state index in [1.165, 1.54) is 0 Å². The number of pyridine rings is 1. The van der Waals surface area contributed by atoms with Crippen LogP contribution in [0.1, 0.15) is 27.2 Å². The van der Waals surface area contributed by atoms with Gasteiger partial charge in [-0.1, -0.05) is 0 Å². The second kappa shape index (κ2) is 7.45. The first-order valence-corrected chi connectivity index (χ1v) is 7.46. The van der Waals surface area contributed by atoms with Crippen LogP contribution in [0.5, 0.6) is 5.75 Å². The normalized spacial score (nSPS) is 11.9. The molecule has 1 aromatic rings. The highest BCUT2D eigenvalue weighted by molar-refractivity contribution is 5.67. The summed E-state index contributed by atoms with van der Waals surface area (Å²) in [7, 11) is 6.12. The van der Waals surface area contributed by atoms with Crippen LogP contribution in [0.2, 0.25) is 0 Å². The molecule has 0 spiro atoms. The SMILES string of the molecule is CC(C)(C)OC(=O)NCCCOc1cccnc1[N+](C)(C)C. The summed E-state index contributed by atoms with van der Waals surface area (Å²) >= 11 is 0. The van der Waals surface area contributed by atoms with E-state index in [2.05, 4.69) is 10.3 Å². The Balaban J connectivity index is 2.36. The van der Waals surface area contributed by atoms with Gasteiger partial charge in [-0.3, -0.25) is 4.48 Å². The van der Waals surface area contributed by atoms with E-state index in [9.17, 15) is 4.79 Å². The maximum absolute atomic E-state index is 11.5. The maximum atomic E-state index is 11.5. The molecular weight excluding hydrogens is 282 g/mol. The summed E-state index contributed by atoms with van der Waals surface area (Å²) in [6.45, 7) is 6.53. The molecule has 1 N–H and O–H groups in total. The molecule has 1 heterocycles. The number of carbonyl (C=O) groups excluding carboxylic acids is 1. The van der Waals surface area contributed by atoms with Crippen LogP contribution in [0.15, 0.2) is 18.3 Å². The molecule has 1 aromatic heterocycles. The zero-order valence-corrected chi connectivity index (χ0v) is 14.5. The minimum Gasteiger partial charge on any atom is -0.486 e. The highest BCUT2D eigenvalue weighted by Gasteiger charge is 2.20. The van der Waals surface area contributed by atoms with E-state index in [1.54, 1.807) is 6.20 Å². The van der Waals surface area contributed by atoms with Gasteiger partial charge in [0.15, 0.2) is 0 Å². The predicted octanol–water partition coefficient (Wildman–Crippen LogP) is 2.57. The molecule has 0 aromatic carbocycles. The lowest BCUT2D eigenvalue weighted by Gasteiger charge is -2.23. The first kappa shape index (κ1) is 18.2. The van der Waals surface area contributed by atoms with E-state index in [-0.39, 0.29) is 0 Å². The Morgan fingerprint density at radius 2 is 2.00 bits per heavy atom. The molecule has 0 bridgehead atoms. The topological polar surface area (TPSA) is 60.5 Å². The first-order valence-electron chi connectivity index (χ1n) is 7.46. The molecule has 0 radical (unpaired) electrons. The van der Waals surface area contributed by atoms with Crippen LogP contribution in [-0.2, 0) is 4.74 Å². The summed E-state index contributed by atoms with van der Waals surface area (Å²) < 4.78 is 11.5. The molecule has 22 heavy (non-hydrogen) atoms. The molecule has 124 valence electrons. The van der Waals surface area contributed by atoms with Crippen LogP contribution in [-0.4, -0.2) is 51.0 Å². The van der Waals surface area contributed by atoms with E-state index < -0.39 is 11.7 Å². The Morgan fingerprint density at radius 3 is 2.59 bits per heavy atom. The molecule has 1 rings (SSSR count). The monoisotopic (exact) mass is 310 g/mol. The van der Waals surface area contributed by atoms with Gasteiger partial charge in [0.25, 0.3) is 5.82 Å². The number of aromatic nitrogens is 1. The van der Waals surface area contributed by atoms with Gasteiger partial charge < -0.3 is 14.8 Å². The van der Waals surface area contributed by atoms with Gasteiger partial charge in [0, 0.05) is 12.7 Å². The van der Waals surface area contributed by atoms with Crippen molar-refractivity contribution >= 4 is 11.9 Å². The number of nitrogens with one attached hydrogen (secondary N) is 1. The van der Waals surface area contributed by atoms with E-state index in [0.29, 0.717) is 24.1 Å². The van der Waals surface area contributed by atoms with Crippen molar-refractivity contribution in [1.29, 1.82) is 0 Å². The quantitative estimate of drug-likeness (QED) is 0.648. The fourth-order valence-corrected chi connectivity index (χ4v) is 1.76. The molecule has 1 amide bonds. The van der Waals surface area contributed by atoms with Gasteiger partial charge in [-0.25, -0.2) is 9.78 Å². The van der Waals surface area contributed by atoms with Crippen molar-refractivity contribution < 1.29 is 14.3 Å². The number of quaternary nitrogens is 1. The van der Waals surface area contributed by atoms with Crippen molar-refractivity contribution in [1.82, 2.24) is 14.8 Å². The summed E-state index contributed by atoms with van der Waals surface area (Å²) in [4.78, 5) is 15.9. The van der Waals surface area contributed by atoms with E-state index in [0.717, 1.165) is 11.6 Å². The van der Waals surface area contributed by atoms with Crippen LogP contribution in [0.25, 0.3) is 0 Å². The van der Waals surface area contributed by atoms with E-state index in [1.807, 2.05) is 54.0 Å². The van der Waals surface area contributed by atoms with Gasteiger partial charge in [-0.05, 0) is 39.3 Å². The van der Waals surface area contributed by atoms with Crippen molar-refractivity contribution in [3.8, 4) is 5.75 Å². The van der Waals surface area contributed by atoms with Gasteiger partial charge in [-0.2, -0.15) is 0 Å². The van der Waals surface area contributed by atoms with Gasteiger partial charge in [0.2, 0.25) is 5.75 Å². The number of amides is 1. The minimum absolute atomic E-state index is 0.402. The summed E-state index contributed by atoms with van der Waals surface area (Å²) in [5.41, 5.74) is -0.476. The highest BCUT2D eigenvalue weighted by Crippen LogP contribution is 2.26. The maximum Gasteiger partial charge on any atom is 0.407 e. The standard InChI is InChI=1S/C16H27N3O3/c1-16(2,3)22-15(20)18-11-8-12-21-13-9-7-10-17-14(13)19(4,5)6/h7,9-10H,8,11-12H2,1-6H3/p+1. The number of nitrogens with zero attached hydrogens (tertiary/aromatic N) is 2. The Hall–Kier alpha value is -1.82. The molecule has 0 saturated heterocycles. The molecule has 0 fully saturated rings. The molecule has 0 aliphatic carbocycles. The molecule has 6 nitrogen and oxygen atoms in total. The molecule has 0 aliphatic rings. The second-order valence-corrected chi connectivity index (χ2v) is 6.97. The zero-order chi connectivity index (χ0) is 16.8. The average Bonchev–Trinajstić information content (AvgIpc) is 2.35. The van der Waals surface area contributed by atoms with Crippen molar-refractivity contribution in [2.24, 2.45) is 0 Å². The molecule has 0 aliphatic heterocycles. The molecule has 0 saturated carbocycles. The number of hydrogen-bond donors (Lipinski definition) is 1. The summed E-state index contributed by atoms with van der Waals surface area (Å²) in [5.74, 6) is 1.65. The van der Waals surface area contributed by atoms with Crippen molar-refractivity contribution in [3.05, 3.63) is 18.3 Å². The average molecular weight is 310 g/mol. The van der Waals surface area contributed by atoms with Crippen LogP contribution in [0.4, 0.5) is 10.6 Å². The third-order valence-electron chi connectivity index (χ3n) is 2.63. The fourth-order valence-electron chi connectivity index (χ4n) is 1.76. The third kappa shape index (κ3) is 6.76. The van der Waals surface area contributed by atoms with Crippen molar-refractivity contribution in [3.63, 3.8) is 0 Å². The molecule has 0 atom stereocenters. The van der Waals surface area contributed by atoms with Crippen LogP contribution in [0, 0.1) is 0 Å². The van der Waals surface area contributed by atoms with Gasteiger partial charge >= 0.3 is 6.09 Å². The van der Waals surface area contributed by atoms with Gasteiger partial charge in [0.1, 0.15) is 5.60 Å². The predicted molar refractivity (Wildman–Crippen MR) is 88.2 cm³/mol. The van der Waals surface area contributed by atoms with Crippen LogP contribution >= 0.6 is 0 Å².